The van der Waals surface area contributed by atoms with Crippen LogP contribution >= 0.6 is 0 Å². The van der Waals surface area contributed by atoms with Crippen molar-refractivity contribution in [2.45, 2.75) is 13.1 Å². The van der Waals surface area contributed by atoms with Gasteiger partial charge in [0.15, 0.2) is 6.17 Å². The maximum Gasteiger partial charge on any atom is 0.257 e. The third-order valence-corrected chi connectivity index (χ3v) is 3.83. The van der Waals surface area contributed by atoms with Crippen molar-refractivity contribution in [1.29, 1.82) is 0 Å². The monoisotopic (exact) mass is 332 g/mol. The molecule has 1 aliphatic rings. The van der Waals surface area contributed by atoms with Crippen LogP contribution < -0.4 is 16.2 Å². The Hall–Kier alpha value is -3.48. The van der Waals surface area contributed by atoms with E-state index in [0.29, 0.717) is 17.6 Å². The molecule has 124 valence electrons. The van der Waals surface area contributed by atoms with E-state index < -0.39 is 6.17 Å². The van der Waals surface area contributed by atoms with Crippen LogP contribution in [0.1, 0.15) is 17.4 Å². The molecule has 3 heterocycles. The van der Waals surface area contributed by atoms with Gasteiger partial charge < -0.3 is 5.32 Å². The van der Waals surface area contributed by atoms with Crippen LogP contribution in [0, 0.1) is 6.92 Å². The van der Waals surface area contributed by atoms with Gasteiger partial charge in [0.05, 0.1) is 0 Å². The van der Waals surface area contributed by atoms with Gasteiger partial charge >= 0.3 is 0 Å². The molecule has 1 atom stereocenters. The lowest BCUT2D eigenvalue weighted by atomic mass is 10.2. The van der Waals surface area contributed by atoms with Gasteiger partial charge in [0.2, 0.25) is 11.9 Å². The number of aromatic nitrogens is 3. The summed E-state index contributed by atoms with van der Waals surface area (Å²) in [5, 5.41) is 6.32. The predicted octanol–water partition coefficient (Wildman–Crippen LogP) is 2.39. The van der Waals surface area contributed by atoms with E-state index >= 15 is 0 Å². The highest BCUT2D eigenvalue weighted by Gasteiger charge is 2.25. The average Bonchev–Trinajstić information content (AvgIpc) is 2.62. The zero-order chi connectivity index (χ0) is 17.2. The third kappa shape index (κ3) is 2.99. The number of benzene rings is 1. The maximum absolute atomic E-state index is 12.5. The molecular formula is C18H16N6O. The lowest BCUT2D eigenvalue weighted by Crippen LogP contribution is -2.37. The molecule has 25 heavy (non-hydrogen) atoms. The number of hydrogen-bond donors (Lipinski definition) is 2. The van der Waals surface area contributed by atoms with Crippen molar-refractivity contribution >= 4 is 17.6 Å². The number of para-hydroxylation sites is 1. The Kier molecular flexibility index (Phi) is 3.74. The Morgan fingerprint density at radius 1 is 1.16 bits per heavy atom. The molecule has 0 unspecified atom stereocenters. The molecule has 0 fully saturated rings. The molecule has 0 radical (unpaired) electrons. The number of anilines is 2. The highest BCUT2D eigenvalue weighted by Crippen LogP contribution is 2.25. The molecule has 0 aliphatic carbocycles. The first kappa shape index (κ1) is 15.1. The average molecular weight is 332 g/mol. The molecule has 0 bridgehead atoms. The summed E-state index contributed by atoms with van der Waals surface area (Å²) in [4.78, 5) is 25.8. The lowest BCUT2D eigenvalue weighted by Gasteiger charge is -2.26. The van der Waals surface area contributed by atoms with Gasteiger partial charge in [-0.2, -0.15) is 0 Å². The van der Waals surface area contributed by atoms with E-state index in [9.17, 15) is 4.79 Å². The van der Waals surface area contributed by atoms with Crippen molar-refractivity contribution in [3.05, 3.63) is 82.5 Å². The number of fused-ring (bicyclic) bond motifs is 1. The molecule has 2 aromatic heterocycles. The topological polar surface area (TPSA) is 84.2 Å². The molecule has 0 amide bonds. The normalized spacial score (nSPS) is 15.7. The van der Waals surface area contributed by atoms with Crippen molar-refractivity contribution in [3.63, 3.8) is 0 Å². The second-order valence-electron chi connectivity index (χ2n) is 5.68. The van der Waals surface area contributed by atoms with E-state index in [0.717, 1.165) is 11.3 Å². The van der Waals surface area contributed by atoms with Gasteiger partial charge in [-0.1, -0.05) is 24.3 Å². The fraction of sp³-hybridized carbons (Fsp3) is 0.111. The van der Waals surface area contributed by atoms with Crippen molar-refractivity contribution in [2.75, 3.05) is 10.6 Å². The summed E-state index contributed by atoms with van der Waals surface area (Å²) in [6.07, 6.45) is 2.86. The SMILES string of the molecule is Cc1cc(=O)n2c(n1)NC(Nc1ccccc1)=N[C@@H]2c1cccnc1. The highest BCUT2D eigenvalue weighted by molar-refractivity contribution is 6.03. The summed E-state index contributed by atoms with van der Waals surface area (Å²) < 4.78 is 1.53. The van der Waals surface area contributed by atoms with Gasteiger partial charge in [-0.3, -0.25) is 19.7 Å². The first-order valence-electron chi connectivity index (χ1n) is 7.88. The summed E-state index contributed by atoms with van der Waals surface area (Å²) in [7, 11) is 0. The zero-order valence-corrected chi connectivity index (χ0v) is 13.5. The molecule has 4 rings (SSSR count). The molecule has 2 N–H and O–H groups in total. The first-order valence-corrected chi connectivity index (χ1v) is 7.88. The summed E-state index contributed by atoms with van der Waals surface area (Å²) in [5.74, 6) is 0.977. The van der Waals surface area contributed by atoms with Crippen molar-refractivity contribution < 1.29 is 0 Å². The van der Waals surface area contributed by atoms with Crippen LogP contribution in [0.3, 0.4) is 0 Å². The van der Waals surface area contributed by atoms with E-state index in [1.54, 1.807) is 19.3 Å². The Morgan fingerprint density at radius 3 is 2.76 bits per heavy atom. The Morgan fingerprint density at radius 2 is 2.00 bits per heavy atom. The van der Waals surface area contributed by atoms with E-state index in [1.165, 1.54) is 10.6 Å². The number of nitrogens with one attached hydrogen (secondary N) is 2. The fourth-order valence-electron chi connectivity index (χ4n) is 2.72. The molecule has 7 heteroatoms. The fourth-order valence-corrected chi connectivity index (χ4v) is 2.72. The maximum atomic E-state index is 12.5. The molecular weight excluding hydrogens is 316 g/mol. The van der Waals surface area contributed by atoms with E-state index in [-0.39, 0.29) is 5.56 Å². The quantitative estimate of drug-likeness (QED) is 0.753. The van der Waals surface area contributed by atoms with Crippen LogP contribution in [0.4, 0.5) is 11.6 Å². The van der Waals surface area contributed by atoms with Crippen LogP contribution in [-0.2, 0) is 0 Å². The number of hydrogen-bond acceptors (Lipinski definition) is 6. The molecule has 3 aromatic rings. The molecule has 0 saturated heterocycles. The number of nitrogens with zero attached hydrogens (tertiary/aromatic N) is 4. The van der Waals surface area contributed by atoms with Gasteiger partial charge in [-0.25, -0.2) is 9.98 Å². The number of pyridine rings is 1. The molecule has 1 aliphatic heterocycles. The number of guanidine groups is 1. The van der Waals surface area contributed by atoms with Gasteiger partial charge in [-0.05, 0) is 25.1 Å². The minimum Gasteiger partial charge on any atom is -0.326 e. The molecule has 0 saturated carbocycles. The van der Waals surface area contributed by atoms with E-state index in [2.05, 4.69) is 25.6 Å². The highest BCUT2D eigenvalue weighted by atomic mass is 16.1. The smallest absolute Gasteiger partial charge is 0.257 e. The Labute approximate surface area is 144 Å². The van der Waals surface area contributed by atoms with Gasteiger partial charge in [-0.15, -0.1) is 0 Å². The van der Waals surface area contributed by atoms with Crippen molar-refractivity contribution in [2.24, 2.45) is 4.99 Å². The van der Waals surface area contributed by atoms with Crippen LogP contribution in [0.5, 0.6) is 0 Å². The zero-order valence-electron chi connectivity index (χ0n) is 13.5. The number of aliphatic imine (C=N–C) groups is 1. The Bertz CT molecular complexity index is 981. The third-order valence-electron chi connectivity index (χ3n) is 3.83. The van der Waals surface area contributed by atoms with Crippen LogP contribution in [0.25, 0.3) is 0 Å². The van der Waals surface area contributed by atoms with Gasteiger partial charge in [0.25, 0.3) is 5.56 Å². The van der Waals surface area contributed by atoms with Crippen LogP contribution in [-0.4, -0.2) is 20.5 Å². The molecule has 1 aromatic carbocycles. The minimum absolute atomic E-state index is 0.161. The predicted molar refractivity (Wildman–Crippen MR) is 96.7 cm³/mol. The number of rotatable bonds is 2. The van der Waals surface area contributed by atoms with Crippen molar-refractivity contribution in [1.82, 2.24) is 14.5 Å². The van der Waals surface area contributed by atoms with E-state index in [4.69, 9.17) is 0 Å². The Balaban J connectivity index is 1.81. The van der Waals surface area contributed by atoms with Gasteiger partial charge in [0, 0.05) is 35.4 Å². The van der Waals surface area contributed by atoms with Crippen molar-refractivity contribution in [3.8, 4) is 0 Å². The first-order chi connectivity index (χ1) is 12.2. The van der Waals surface area contributed by atoms with Crippen LogP contribution in [0.15, 0.2) is 70.7 Å². The lowest BCUT2D eigenvalue weighted by molar-refractivity contribution is 0.575. The standard InChI is InChI=1S/C18H16N6O/c1-12-10-15(25)24-16(13-6-5-9-19-11-13)22-17(23-18(24)20-12)21-14-7-3-2-4-8-14/h2-11,16H,1H3,(H2,20,21,22,23)/t16-/m0/s1. The second-order valence-corrected chi connectivity index (χ2v) is 5.68. The summed E-state index contributed by atoms with van der Waals surface area (Å²) >= 11 is 0. The summed E-state index contributed by atoms with van der Waals surface area (Å²) in [6, 6.07) is 14.9. The summed E-state index contributed by atoms with van der Waals surface area (Å²) in [5.41, 5.74) is 2.19. The molecule has 0 spiro atoms. The van der Waals surface area contributed by atoms with Crippen LogP contribution in [0.2, 0.25) is 0 Å². The largest absolute Gasteiger partial charge is 0.326 e. The van der Waals surface area contributed by atoms with E-state index in [1.807, 2.05) is 42.5 Å². The van der Waals surface area contributed by atoms with Gasteiger partial charge in [0.1, 0.15) is 0 Å². The molecule has 7 nitrogen and oxygen atoms in total. The second kappa shape index (κ2) is 6.20. The number of aryl methyl sites for hydroxylation is 1. The minimum atomic E-state index is -0.531. The summed E-state index contributed by atoms with van der Waals surface area (Å²) in [6.45, 7) is 1.79.